The molecule has 0 radical (unpaired) electrons. The van der Waals surface area contributed by atoms with Gasteiger partial charge in [-0.3, -0.25) is 14.8 Å². The fourth-order valence-corrected chi connectivity index (χ4v) is 2.89. The summed E-state index contributed by atoms with van der Waals surface area (Å²) in [4.78, 5) is 22.9. The van der Waals surface area contributed by atoms with E-state index >= 15 is 0 Å². The Balaban J connectivity index is 0.00000243. The summed E-state index contributed by atoms with van der Waals surface area (Å²) in [6.45, 7) is 2.04. The number of amides is 1. The topological polar surface area (TPSA) is 69.6 Å². The molecule has 1 aromatic carbocycles. The Bertz CT molecular complexity index is 723. The smallest absolute Gasteiger partial charge is 0.253 e. The van der Waals surface area contributed by atoms with Crippen LogP contribution in [-0.2, 0) is 6.54 Å². The van der Waals surface area contributed by atoms with Crippen molar-refractivity contribution in [2.24, 2.45) is 4.99 Å². The summed E-state index contributed by atoms with van der Waals surface area (Å²) in [7, 11) is 1.75. The molecule has 1 aliphatic heterocycles. The number of nitrogens with one attached hydrogen (secondary N) is 2. The molecule has 1 aliphatic rings. The molecular weight excluding hydrogens is 441 g/mol. The Morgan fingerprint density at radius 1 is 1.23 bits per heavy atom. The maximum absolute atomic E-state index is 12.5. The molecule has 1 unspecified atom stereocenters. The summed E-state index contributed by atoms with van der Waals surface area (Å²) >= 11 is 0. The molecule has 1 aromatic heterocycles. The van der Waals surface area contributed by atoms with Crippen LogP contribution in [0.5, 0.6) is 0 Å². The van der Waals surface area contributed by atoms with Crippen LogP contribution in [0.4, 0.5) is 0 Å². The number of guanidine groups is 1. The predicted octanol–water partition coefficient (Wildman–Crippen LogP) is 2.28. The predicted molar refractivity (Wildman–Crippen MR) is 114 cm³/mol. The van der Waals surface area contributed by atoms with Gasteiger partial charge in [0, 0.05) is 37.9 Å². The van der Waals surface area contributed by atoms with Crippen molar-refractivity contribution in [3.05, 3.63) is 66.0 Å². The molecule has 138 valence electrons. The minimum Gasteiger partial charge on any atom is -0.352 e. The Morgan fingerprint density at radius 3 is 2.69 bits per heavy atom. The van der Waals surface area contributed by atoms with Crippen LogP contribution in [0.1, 0.15) is 22.5 Å². The fourth-order valence-electron chi connectivity index (χ4n) is 2.89. The Hall–Kier alpha value is -2.16. The van der Waals surface area contributed by atoms with Crippen molar-refractivity contribution >= 4 is 35.8 Å². The molecular formula is C19H24IN5O. The number of carbonyl (C=O) groups excluding carboxylic acids is 1. The van der Waals surface area contributed by atoms with Gasteiger partial charge in [0.2, 0.25) is 0 Å². The number of aliphatic imine (C=N–C) groups is 1. The average molecular weight is 465 g/mol. The second-order valence-electron chi connectivity index (χ2n) is 5.99. The van der Waals surface area contributed by atoms with Gasteiger partial charge in [0.25, 0.3) is 5.91 Å². The van der Waals surface area contributed by atoms with E-state index in [1.807, 2.05) is 53.4 Å². The first-order chi connectivity index (χ1) is 12.3. The third kappa shape index (κ3) is 5.42. The van der Waals surface area contributed by atoms with E-state index < -0.39 is 0 Å². The first kappa shape index (κ1) is 20.2. The van der Waals surface area contributed by atoms with E-state index in [4.69, 9.17) is 0 Å². The van der Waals surface area contributed by atoms with Crippen LogP contribution in [0.25, 0.3) is 0 Å². The highest BCUT2D eigenvalue weighted by Gasteiger charge is 2.27. The fraction of sp³-hybridized carbons (Fsp3) is 0.316. The first-order valence-electron chi connectivity index (χ1n) is 8.47. The van der Waals surface area contributed by atoms with Crippen LogP contribution in [0.15, 0.2) is 59.7 Å². The van der Waals surface area contributed by atoms with Crippen LogP contribution in [0, 0.1) is 0 Å². The molecule has 2 aromatic rings. The lowest BCUT2D eigenvalue weighted by Gasteiger charge is -2.19. The molecule has 0 spiro atoms. The van der Waals surface area contributed by atoms with Gasteiger partial charge in [0.05, 0.1) is 12.2 Å². The van der Waals surface area contributed by atoms with Crippen LogP contribution in [-0.4, -0.2) is 47.9 Å². The molecule has 26 heavy (non-hydrogen) atoms. The zero-order valence-electron chi connectivity index (χ0n) is 14.8. The number of carbonyl (C=O) groups is 1. The van der Waals surface area contributed by atoms with Gasteiger partial charge >= 0.3 is 0 Å². The van der Waals surface area contributed by atoms with Gasteiger partial charge in [-0.15, -0.1) is 24.0 Å². The molecule has 1 amide bonds. The molecule has 3 rings (SSSR count). The molecule has 1 saturated heterocycles. The van der Waals surface area contributed by atoms with E-state index in [2.05, 4.69) is 20.6 Å². The molecule has 2 heterocycles. The quantitative estimate of drug-likeness (QED) is 0.413. The number of hydrogen-bond acceptors (Lipinski definition) is 3. The summed E-state index contributed by atoms with van der Waals surface area (Å²) in [6, 6.07) is 15.4. The number of halogens is 1. The number of aromatic nitrogens is 1. The molecule has 0 bridgehead atoms. The zero-order chi connectivity index (χ0) is 17.5. The first-order valence-corrected chi connectivity index (χ1v) is 8.47. The van der Waals surface area contributed by atoms with Crippen molar-refractivity contribution in [3.63, 3.8) is 0 Å². The molecule has 6 nitrogen and oxygen atoms in total. The van der Waals surface area contributed by atoms with E-state index in [-0.39, 0.29) is 35.9 Å². The van der Waals surface area contributed by atoms with Crippen LogP contribution >= 0.6 is 24.0 Å². The lowest BCUT2D eigenvalue weighted by Crippen LogP contribution is -2.44. The van der Waals surface area contributed by atoms with Crippen molar-refractivity contribution < 1.29 is 4.79 Å². The van der Waals surface area contributed by atoms with Gasteiger partial charge in [-0.1, -0.05) is 24.3 Å². The second-order valence-corrected chi connectivity index (χ2v) is 5.99. The highest BCUT2D eigenvalue weighted by Crippen LogP contribution is 2.13. The molecule has 7 heteroatoms. The minimum absolute atomic E-state index is 0. The number of hydrogen-bond donors (Lipinski definition) is 2. The summed E-state index contributed by atoms with van der Waals surface area (Å²) < 4.78 is 0. The van der Waals surface area contributed by atoms with Gasteiger partial charge in [-0.2, -0.15) is 0 Å². The van der Waals surface area contributed by atoms with Crippen molar-refractivity contribution in [2.75, 3.05) is 20.1 Å². The standard InChI is InChI=1S/C19H23N5O.HI/c1-20-19(22-13-16-9-5-6-11-21-16)23-17-10-12-24(14-17)18(25)15-7-3-2-4-8-15;/h2-9,11,17H,10,12-14H2,1H3,(H2,20,22,23);1H. The summed E-state index contributed by atoms with van der Waals surface area (Å²) in [5.41, 5.74) is 1.69. The highest BCUT2D eigenvalue weighted by atomic mass is 127. The number of benzene rings is 1. The van der Waals surface area contributed by atoms with Crippen molar-refractivity contribution in [2.45, 2.75) is 19.0 Å². The average Bonchev–Trinajstić information content (AvgIpc) is 3.14. The maximum atomic E-state index is 12.5. The molecule has 1 fully saturated rings. The van der Waals surface area contributed by atoms with E-state index in [0.717, 1.165) is 30.2 Å². The number of likely N-dealkylation sites (tertiary alicyclic amines) is 1. The van der Waals surface area contributed by atoms with Crippen LogP contribution < -0.4 is 10.6 Å². The third-order valence-corrected chi connectivity index (χ3v) is 4.22. The molecule has 0 aliphatic carbocycles. The largest absolute Gasteiger partial charge is 0.352 e. The Labute approximate surface area is 171 Å². The van der Waals surface area contributed by atoms with Gasteiger partial charge in [-0.25, -0.2) is 0 Å². The van der Waals surface area contributed by atoms with Crippen molar-refractivity contribution in [3.8, 4) is 0 Å². The summed E-state index contributed by atoms with van der Waals surface area (Å²) in [5.74, 6) is 0.811. The SMILES string of the molecule is CN=C(NCc1ccccn1)NC1CCN(C(=O)c2ccccc2)C1.I. The monoisotopic (exact) mass is 465 g/mol. The van der Waals surface area contributed by atoms with E-state index in [1.54, 1.807) is 13.2 Å². The third-order valence-electron chi connectivity index (χ3n) is 4.22. The van der Waals surface area contributed by atoms with Crippen LogP contribution in [0.3, 0.4) is 0 Å². The minimum atomic E-state index is 0. The molecule has 0 saturated carbocycles. The summed E-state index contributed by atoms with van der Waals surface area (Å²) in [6.07, 6.45) is 2.68. The van der Waals surface area contributed by atoms with E-state index in [1.165, 1.54) is 0 Å². The summed E-state index contributed by atoms with van der Waals surface area (Å²) in [5, 5.41) is 6.65. The number of pyridine rings is 1. The Morgan fingerprint density at radius 2 is 2.00 bits per heavy atom. The van der Waals surface area contributed by atoms with Gasteiger partial charge < -0.3 is 15.5 Å². The maximum Gasteiger partial charge on any atom is 0.253 e. The van der Waals surface area contributed by atoms with E-state index in [0.29, 0.717) is 13.1 Å². The van der Waals surface area contributed by atoms with E-state index in [9.17, 15) is 4.79 Å². The number of nitrogens with zero attached hydrogens (tertiary/aromatic N) is 3. The normalized spacial score (nSPS) is 16.7. The van der Waals surface area contributed by atoms with Crippen molar-refractivity contribution in [1.29, 1.82) is 0 Å². The zero-order valence-corrected chi connectivity index (χ0v) is 17.1. The van der Waals surface area contributed by atoms with Gasteiger partial charge in [0.1, 0.15) is 0 Å². The second kappa shape index (κ2) is 10.1. The highest BCUT2D eigenvalue weighted by molar-refractivity contribution is 14.0. The molecule has 1 atom stereocenters. The van der Waals surface area contributed by atoms with Crippen LogP contribution in [0.2, 0.25) is 0 Å². The van der Waals surface area contributed by atoms with Gasteiger partial charge in [0.15, 0.2) is 5.96 Å². The molecule has 2 N–H and O–H groups in total. The van der Waals surface area contributed by atoms with Gasteiger partial charge in [-0.05, 0) is 30.7 Å². The number of rotatable bonds is 4. The lowest BCUT2D eigenvalue weighted by atomic mass is 10.2. The lowest BCUT2D eigenvalue weighted by molar-refractivity contribution is 0.0790. The van der Waals surface area contributed by atoms with Crippen molar-refractivity contribution in [1.82, 2.24) is 20.5 Å². The Kier molecular flexibility index (Phi) is 7.83.